The zero-order chi connectivity index (χ0) is 10.1. The van der Waals surface area contributed by atoms with Crippen LogP contribution in [0.1, 0.15) is 0 Å². The summed E-state index contributed by atoms with van der Waals surface area (Å²) in [5.41, 5.74) is 0.421. The van der Waals surface area contributed by atoms with E-state index in [1.54, 1.807) is 24.3 Å². The Bertz CT molecular complexity index is 468. The summed E-state index contributed by atoms with van der Waals surface area (Å²) in [5, 5.41) is 4.09. The van der Waals surface area contributed by atoms with Crippen LogP contribution in [0.4, 0.5) is 4.39 Å². The topological polar surface area (TPSA) is 17.8 Å². The van der Waals surface area contributed by atoms with Gasteiger partial charge in [-0.25, -0.2) is 9.07 Å². The zero-order valence-electron chi connectivity index (χ0n) is 6.92. The molecule has 5 heteroatoms. The second-order valence-corrected chi connectivity index (χ2v) is 4.28. The Morgan fingerprint density at radius 3 is 2.50 bits per heavy atom. The smallest absolute Gasteiger partial charge is 0.148 e. The SMILES string of the molecule is Fc1ccccc1-n1nc(Br)cc1Br. The molecule has 0 aliphatic rings. The number of benzene rings is 1. The molecule has 0 saturated heterocycles. The van der Waals surface area contributed by atoms with Gasteiger partial charge in [-0.1, -0.05) is 12.1 Å². The van der Waals surface area contributed by atoms with Gasteiger partial charge in [-0.3, -0.25) is 0 Å². The normalized spacial score (nSPS) is 10.5. The predicted octanol–water partition coefficient (Wildman–Crippen LogP) is 3.54. The van der Waals surface area contributed by atoms with Crippen LogP contribution in [0.25, 0.3) is 5.69 Å². The Balaban J connectivity index is 2.60. The molecule has 0 bridgehead atoms. The van der Waals surface area contributed by atoms with Crippen molar-refractivity contribution in [2.75, 3.05) is 0 Å². The molecule has 1 aromatic heterocycles. The Labute approximate surface area is 97.0 Å². The van der Waals surface area contributed by atoms with Crippen molar-refractivity contribution in [1.29, 1.82) is 0 Å². The van der Waals surface area contributed by atoms with Crippen LogP contribution >= 0.6 is 31.9 Å². The third-order valence-electron chi connectivity index (χ3n) is 1.72. The molecule has 2 rings (SSSR count). The van der Waals surface area contributed by atoms with Crippen LogP contribution in [0.15, 0.2) is 39.5 Å². The van der Waals surface area contributed by atoms with Crippen LogP contribution < -0.4 is 0 Å². The quantitative estimate of drug-likeness (QED) is 0.786. The lowest BCUT2D eigenvalue weighted by Crippen LogP contribution is -1.99. The average molecular weight is 320 g/mol. The predicted molar refractivity (Wildman–Crippen MR) is 58.9 cm³/mol. The maximum Gasteiger partial charge on any atom is 0.148 e. The van der Waals surface area contributed by atoms with Crippen molar-refractivity contribution in [2.45, 2.75) is 0 Å². The summed E-state index contributed by atoms with van der Waals surface area (Å²) >= 11 is 6.51. The molecule has 0 spiro atoms. The van der Waals surface area contributed by atoms with E-state index in [1.807, 2.05) is 0 Å². The van der Waals surface area contributed by atoms with Crippen LogP contribution in [0.2, 0.25) is 0 Å². The van der Waals surface area contributed by atoms with E-state index in [0.29, 0.717) is 14.9 Å². The number of halogens is 3. The Morgan fingerprint density at radius 1 is 1.21 bits per heavy atom. The van der Waals surface area contributed by atoms with Gasteiger partial charge in [0, 0.05) is 6.07 Å². The molecule has 2 aromatic rings. The molecular formula is C9H5Br2FN2. The largest absolute Gasteiger partial charge is 0.223 e. The van der Waals surface area contributed by atoms with Crippen LogP contribution in [-0.4, -0.2) is 9.78 Å². The molecule has 0 fully saturated rings. The van der Waals surface area contributed by atoms with Crippen LogP contribution in [0, 0.1) is 5.82 Å². The fraction of sp³-hybridized carbons (Fsp3) is 0. The van der Waals surface area contributed by atoms with Crippen molar-refractivity contribution in [3.63, 3.8) is 0 Å². The van der Waals surface area contributed by atoms with Crippen molar-refractivity contribution in [2.24, 2.45) is 0 Å². The summed E-state index contributed by atoms with van der Waals surface area (Å²) in [6.45, 7) is 0. The molecule has 72 valence electrons. The highest BCUT2D eigenvalue weighted by atomic mass is 79.9. The molecule has 2 nitrogen and oxygen atoms in total. The summed E-state index contributed by atoms with van der Waals surface area (Å²) in [4.78, 5) is 0. The summed E-state index contributed by atoms with van der Waals surface area (Å²) in [5.74, 6) is -0.302. The molecule has 1 aromatic carbocycles. The van der Waals surface area contributed by atoms with Crippen molar-refractivity contribution in [3.05, 3.63) is 45.4 Å². The van der Waals surface area contributed by atoms with Gasteiger partial charge in [-0.05, 0) is 44.0 Å². The number of aromatic nitrogens is 2. The minimum Gasteiger partial charge on any atom is -0.223 e. The maximum atomic E-state index is 13.4. The molecular weight excluding hydrogens is 315 g/mol. The molecule has 0 aliphatic carbocycles. The molecule has 0 saturated carbocycles. The Morgan fingerprint density at radius 2 is 1.93 bits per heavy atom. The molecule has 0 N–H and O–H groups in total. The van der Waals surface area contributed by atoms with Crippen molar-refractivity contribution in [3.8, 4) is 5.69 Å². The highest BCUT2D eigenvalue weighted by molar-refractivity contribution is 9.11. The molecule has 0 aliphatic heterocycles. The van der Waals surface area contributed by atoms with Gasteiger partial charge in [0.1, 0.15) is 20.7 Å². The Kier molecular flexibility index (Phi) is 2.69. The molecule has 0 atom stereocenters. The standard InChI is InChI=1S/C9H5Br2FN2/c10-8-5-9(11)14(13-8)7-4-2-1-3-6(7)12/h1-5H. The number of para-hydroxylation sites is 1. The number of rotatable bonds is 1. The molecule has 0 amide bonds. The van der Waals surface area contributed by atoms with E-state index in [-0.39, 0.29) is 5.82 Å². The zero-order valence-corrected chi connectivity index (χ0v) is 10.1. The molecule has 0 unspecified atom stereocenters. The van der Waals surface area contributed by atoms with E-state index in [2.05, 4.69) is 37.0 Å². The monoisotopic (exact) mass is 318 g/mol. The maximum absolute atomic E-state index is 13.4. The lowest BCUT2D eigenvalue weighted by molar-refractivity contribution is 0.609. The van der Waals surface area contributed by atoms with E-state index in [4.69, 9.17) is 0 Å². The summed E-state index contributed by atoms with van der Waals surface area (Å²) in [6.07, 6.45) is 0. The van der Waals surface area contributed by atoms with Crippen molar-refractivity contribution in [1.82, 2.24) is 9.78 Å². The van der Waals surface area contributed by atoms with Gasteiger partial charge in [0.25, 0.3) is 0 Å². The number of nitrogens with zero attached hydrogens (tertiary/aromatic N) is 2. The molecule has 14 heavy (non-hydrogen) atoms. The first kappa shape index (κ1) is 9.86. The van der Waals surface area contributed by atoms with Crippen molar-refractivity contribution >= 4 is 31.9 Å². The van der Waals surface area contributed by atoms with Gasteiger partial charge in [0.15, 0.2) is 0 Å². The average Bonchev–Trinajstić information content (AvgIpc) is 2.46. The molecule has 1 heterocycles. The minimum absolute atomic E-state index is 0.302. The van der Waals surface area contributed by atoms with E-state index in [0.717, 1.165) is 0 Å². The number of hydrogen-bond acceptors (Lipinski definition) is 1. The van der Waals surface area contributed by atoms with Gasteiger partial charge in [-0.2, -0.15) is 5.10 Å². The van der Waals surface area contributed by atoms with E-state index >= 15 is 0 Å². The van der Waals surface area contributed by atoms with E-state index in [1.165, 1.54) is 10.7 Å². The second kappa shape index (κ2) is 3.82. The second-order valence-electron chi connectivity index (χ2n) is 2.65. The van der Waals surface area contributed by atoms with Crippen molar-refractivity contribution < 1.29 is 4.39 Å². The highest BCUT2D eigenvalue weighted by Crippen LogP contribution is 2.22. The first-order valence-corrected chi connectivity index (χ1v) is 5.43. The lowest BCUT2D eigenvalue weighted by Gasteiger charge is -2.03. The van der Waals surface area contributed by atoms with Crippen LogP contribution in [0.5, 0.6) is 0 Å². The Hall–Kier alpha value is -0.680. The van der Waals surface area contributed by atoms with Gasteiger partial charge in [0.05, 0.1) is 0 Å². The lowest BCUT2D eigenvalue weighted by atomic mass is 10.3. The highest BCUT2D eigenvalue weighted by Gasteiger charge is 2.08. The first-order chi connectivity index (χ1) is 6.68. The third-order valence-corrected chi connectivity index (χ3v) is 2.67. The van der Waals surface area contributed by atoms with Gasteiger partial charge in [-0.15, -0.1) is 0 Å². The first-order valence-electron chi connectivity index (χ1n) is 3.84. The van der Waals surface area contributed by atoms with Crippen LogP contribution in [-0.2, 0) is 0 Å². The third kappa shape index (κ3) is 1.74. The van der Waals surface area contributed by atoms with Gasteiger partial charge in [0.2, 0.25) is 0 Å². The fourth-order valence-electron chi connectivity index (χ4n) is 1.12. The van der Waals surface area contributed by atoms with Gasteiger partial charge < -0.3 is 0 Å². The summed E-state index contributed by atoms with van der Waals surface area (Å²) in [7, 11) is 0. The summed E-state index contributed by atoms with van der Waals surface area (Å²) < 4.78 is 16.2. The van der Waals surface area contributed by atoms with Crippen LogP contribution in [0.3, 0.4) is 0 Å². The fourth-order valence-corrected chi connectivity index (χ4v) is 2.29. The minimum atomic E-state index is -0.302. The van der Waals surface area contributed by atoms with Gasteiger partial charge >= 0.3 is 0 Å². The molecule has 0 radical (unpaired) electrons. The summed E-state index contributed by atoms with van der Waals surface area (Å²) in [6, 6.07) is 8.23. The van der Waals surface area contributed by atoms with E-state index < -0.39 is 0 Å². The number of hydrogen-bond donors (Lipinski definition) is 0. The van der Waals surface area contributed by atoms with E-state index in [9.17, 15) is 4.39 Å².